The van der Waals surface area contributed by atoms with Gasteiger partial charge in [-0.3, -0.25) is 0 Å². The van der Waals surface area contributed by atoms with Gasteiger partial charge in [-0.1, -0.05) is 23.4 Å². The minimum Gasteiger partial charge on any atom is -0.487 e. The van der Waals surface area contributed by atoms with Crippen LogP contribution in [0.3, 0.4) is 0 Å². The first kappa shape index (κ1) is 14.0. The van der Waals surface area contributed by atoms with Crippen molar-refractivity contribution in [3.8, 4) is 5.75 Å². The second-order valence-electron chi connectivity index (χ2n) is 4.09. The zero-order chi connectivity index (χ0) is 13.7. The molecule has 0 radical (unpaired) electrons. The maximum absolute atomic E-state index is 5.85. The van der Waals surface area contributed by atoms with Gasteiger partial charge in [0, 0.05) is 14.2 Å². The van der Waals surface area contributed by atoms with Crippen molar-refractivity contribution in [2.24, 2.45) is 7.05 Å². The Morgan fingerprint density at radius 2 is 2.11 bits per heavy atom. The number of halogens is 1. The summed E-state index contributed by atoms with van der Waals surface area (Å²) in [7, 11) is 3.54. The van der Waals surface area contributed by atoms with Crippen molar-refractivity contribution < 1.29 is 9.47 Å². The molecular formula is C13H16BrN3O2. The summed E-state index contributed by atoms with van der Waals surface area (Å²) in [5, 5.41) is 7.85. The predicted molar refractivity (Wildman–Crippen MR) is 75.1 cm³/mol. The van der Waals surface area contributed by atoms with E-state index in [4.69, 9.17) is 9.47 Å². The van der Waals surface area contributed by atoms with Gasteiger partial charge in [0.1, 0.15) is 18.1 Å². The van der Waals surface area contributed by atoms with Crippen LogP contribution >= 0.6 is 15.9 Å². The van der Waals surface area contributed by atoms with Gasteiger partial charge in [0.05, 0.1) is 6.61 Å². The van der Waals surface area contributed by atoms with Gasteiger partial charge in [-0.25, -0.2) is 4.68 Å². The van der Waals surface area contributed by atoms with Crippen LogP contribution in [-0.2, 0) is 24.8 Å². The molecule has 102 valence electrons. The SMILES string of the molecule is COCCc1ccccc1OCc1c(Br)nnn1C. The summed E-state index contributed by atoms with van der Waals surface area (Å²) >= 11 is 3.36. The molecule has 0 fully saturated rings. The number of aryl methyl sites for hydroxylation is 1. The van der Waals surface area contributed by atoms with Crippen LogP contribution in [0.25, 0.3) is 0 Å². The Hall–Kier alpha value is -1.40. The van der Waals surface area contributed by atoms with E-state index in [0.29, 0.717) is 17.8 Å². The van der Waals surface area contributed by atoms with Gasteiger partial charge in [-0.05, 0) is 34.0 Å². The topological polar surface area (TPSA) is 49.2 Å². The van der Waals surface area contributed by atoms with Crippen LogP contribution in [0.1, 0.15) is 11.3 Å². The molecule has 0 spiro atoms. The molecule has 0 saturated heterocycles. The zero-order valence-corrected chi connectivity index (χ0v) is 12.6. The van der Waals surface area contributed by atoms with E-state index in [2.05, 4.69) is 26.2 Å². The fourth-order valence-electron chi connectivity index (χ4n) is 1.71. The van der Waals surface area contributed by atoms with E-state index < -0.39 is 0 Å². The number of aromatic nitrogens is 3. The van der Waals surface area contributed by atoms with Crippen molar-refractivity contribution >= 4 is 15.9 Å². The minimum absolute atomic E-state index is 0.425. The van der Waals surface area contributed by atoms with Gasteiger partial charge in [0.2, 0.25) is 0 Å². The molecule has 19 heavy (non-hydrogen) atoms. The molecule has 1 aromatic carbocycles. The Morgan fingerprint density at radius 1 is 1.32 bits per heavy atom. The second-order valence-corrected chi connectivity index (χ2v) is 4.84. The largest absolute Gasteiger partial charge is 0.487 e. The maximum Gasteiger partial charge on any atom is 0.155 e. The first-order valence-corrected chi connectivity index (χ1v) is 6.75. The molecule has 0 aliphatic carbocycles. The maximum atomic E-state index is 5.85. The van der Waals surface area contributed by atoms with Crippen molar-refractivity contribution in [3.63, 3.8) is 0 Å². The number of para-hydroxylation sites is 1. The number of ether oxygens (including phenoxy) is 2. The van der Waals surface area contributed by atoms with Crippen molar-refractivity contribution in [3.05, 3.63) is 40.1 Å². The molecule has 2 aromatic rings. The Bertz CT molecular complexity index is 523. The highest BCUT2D eigenvalue weighted by Gasteiger charge is 2.10. The number of rotatable bonds is 6. The fraction of sp³-hybridized carbons (Fsp3) is 0.385. The summed E-state index contributed by atoms with van der Waals surface area (Å²) in [4.78, 5) is 0. The summed E-state index contributed by atoms with van der Waals surface area (Å²) in [6.45, 7) is 1.10. The lowest BCUT2D eigenvalue weighted by molar-refractivity contribution is 0.200. The van der Waals surface area contributed by atoms with Crippen LogP contribution in [0.5, 0.6) is 5.75 Å². The summed E-state index contributed by atoms with van der Waals surface area (Å²) in [6.07, 6.45) is 0.831. The molecular weight excluding hydrogens is 310 g/mol. The van der Waals surface area contributed by atoms with Crippen molar-refractivity contribution in [1.29, 1.82) is 0 Å². The van der Waals surface area contributed by atoms with Crippen molar-refractivity contribution in [2.75, 3.05) is 13.7 Å². The van der Waals surface area contributed by atoms with Crippen molar-refractivity contribution in [2.45, 2.75) is 13.0 Å². The smallest absolute Gasteiger partial charge is 0.155 e. The Labute approximate surface area is 120 Å². The molecule has 0 N–H and O–H groups in total. The van der Waals surface area contributed by atoms with Gasteiger partial charge in [-0.2, -0.15) is 0 Å². The number of hydrogen-bond donors (Lipinski definition) is 0. The van der Waals surface area contributed by atoms with Gasteiger partial charge in [-0.15, -0.1) is 5.10 Å². The Morgan fingerprint density at radius 3 is 2.79 bits per heavy atom. The highest BCUT2D eigenvalue weighted by Crippen LogP contribution is 2.21. The lowest BCUT2D eigenvalue weighted by Gasteiger charge is -2.11. The predicted octanol–water partition coefficient (Wildman–Crippen LogP) is 2.35. The van der Waals surface area contributed by atoms with E-state index in [1.54, 1.807) is 11.8 Å². The minimum atomic E-state index is 0.425. The van der Waals surface area contributed by atoms with E-state index in [9.17, 15) is 0 Å². The standard InChI is InChI=1S/C13H16BrN3O2/c1-17-11(13(14)15-16-17)9-19-12-6-4-3-5-10(12)7-8-18-2/h3-6H,7-9H2,1-2H3. The summed E-state index contributed by atoms with van der Waals surface area (Å²) < 4.78 is 13.4. The quantitative estimate of drug-likeness (QED) is 0.818. The van der Waals surface area contributed by atoms with E-state index in [0.717, 1.165) is 23.4 Å². The third-order valence-electron chi connectivity index (χ3n) is 2.81. The molecule has 2 rings (SSSR count). The van der Waals surface area contributed by atoms with E-state index >= 15 is 0 Å². The molecule has 5 nitrogen and oxygen atoms in total. The highest BCUT2D eigenvalue weighted by molar-refractivity contribution is 9.10. The molecule has 6 heteroatoms. The molecule has 0 bridgehead atoms. The van der Waals surface area contributed by atoms with Crippen LogP contribution in [-0.4, -0.2) is 28.7 Å². The fourth-order valence-corrected chi connectivity index (χ4v) is 2.16. The lowest BCUT2D eigenvalue weighted by atomic mass is 10.1. The average Bonchev–Trinajstić information content (AvgIpc) is 2.74. The molecule has 0 aliphatic heterocycles. The first-order valence-electron chi connectivity index (χ1n) is 5.96. The Balaban J connectivity index is 2.07. The van der Waals surface area contributed by atoms with Crippen molar-refractivity contribution in [1.82, 2.24) is 15.0 Å². The third-order valence-corrected chi connectivity index (χ3v) is 3.42. The van der Waals surface area contributed by atoms with Crippen LogP contribution in [0.15, 0.2) is 28.9 Å². The summed E-state index contributed by atoms with van der Waals surface area (Å²) in [5.41, 5.74) is 2.04. The molecule has 0 aliphatic rings. The van der Waals surface area contributed by atoms with Gasteiger partial charge in [0.15, 0.2) is 4.60 Å². The number of hydrogen-bond acceptors (Lipinski definition) is 4. The summed E-state index contributed by atoms with van der Waals surface area (Å²) in [6, 6.07) is 7.97. The average molecular weight is 326 g/mol. The monoisotopic (exact) mass is 325 g/mol. The molecule has 1 aromatic heterocycles. The normalized spacial score (nSPS) is 10.7. The lowest BCUT2D eigenvalue weighted by Crippen LogP contribution is -2.05. The Kier molecular flexibility index (Phi) is 4.93. The number of nitrogens with zero attached hydrogens (tertiary/aromatic N) is 3. The van der Waals surface area contributed by atoms with Gasteiger partial charge < -0.3 is 9.47 Å². The second kappa shape index (κ2) is 6.68. The van der Waals surface area contributed by atoms with Crippen LogP contribution < -0.4 is 4.74 Å². The van der Waals surface area contributed by atoms with E-state index in [1.807, 2.05) is 31.3 Å². The third kappa shape index (κ3) is 3.54. The number of benzene rings is 1. The first-order chi connectivity index (χ1) is 9.22. The van der Waals surface area contributed by atoms with E-state index in [1.165, 1.54) is 0 Å². The zero-order valence-electron chi connectivity index (χ0n) is 11.0. The molecule has 0 amide bonds. The van der Waals surface area contributed by atoms with E-state index in [-0.39, 0.29) is 0 Å². The molecule has 0 unspecified atom stereocenters. The number of methoxy groups -OCH3 is 1. The van der Waals surface area contributed by atoms with Crippen LogP contribution in [0, 0.1) is 0 Å². The van der Waals surface area contributed by atoms with Crippen LogP contribution in [0.2, 0.25) is 0 Å². The molecule has 1 heterocycles. The van der Waals surface area contributed by atoms with Gasteiger partial charge in [0.25, 0.3) is 0 Å². The highest BCUT2D eigenvalue weighted by atomic mass is 79.9. The molecule has 0 atom stereocenters. The van der Waals surface area contributed by atoms with Crippen LogP contribution in [0.4, 0.5) is 0 Å². The summed E-state index contributed by atoms with van der Waals surface area (Å²) in [5.74, 6) is 0.868. The van der Waals surface area contributed by atoms with Gasteiger partial charge >= 0.3 is 0 Å². The molecule has 0 saturated carbocycles.